The molecule has 2 N–H and O–H groups in total. The Hall–Kier alpha value is -3.05. The van der Waals surface area contributed by atoms with Crippen molar-refractivity contribution in [3.05, 3.63) is 60.1 Å². The van der Waals surface area contributed by atoms with E-state index in [1.54, 1.807) is 24.4 Å². The van der Waals surface area contributed by atoms with Crippen molar-refractivity contribution in [2.24, 2.45) is 0 Å². The minimum atomic E-state index is -3.65. The lowest BCUT2D eigenvalue weighted by atomic mass is 10.1. The highest BCUT2D eigenvalue weighted by atomic mass is 32.2. The fraction of sp³-hybridized carbons (Fsp3) is 0.357. The van der Waals surface area contributed by atoms with Gasteiger partial charge in [-0.3, -0.25) is 4.90 Å². The molecular weight excluding hydrogens is 518 g/mol. The smallest absolute Gasteiger partial charge is 0.241 e. The Morgan fingerprint density at radius 3 is 2.58 bits per heavy atom. The van der Waals surface area contributed by atoms with Crippen molar-refractivity contribution < 1.29 is 13.2 Å². The lowest BCUT2D eigenvalue weighted by molar-refractivity contribution is 0.238. The van der Waals surface area contributed by atoms with E-state index in [1.165, 1.54) is 37.3 Å². The molecule has 4 aromatic rings. The van der Waals surface area contributed by atoms with E-state index in [9.17, 15) is 8.42 Å². The van der Waals surface area contributed by atoms with Gasteiger partial charge in [-0.25, -0.2) is 23.1 Å². The predicted molar refractivity (Wildman–Crippen MR) is 154 cm³/mol. The van der Waals surface area contributed by atoms with Crippen LogP contribution in [0.3, 0.4) is 0 Å². The molecule has 8 nitrogen and oxygen atoms in total. The van der Waals surface area contributed by atoms with Crippen LogP contribution in [-0.2, 0) is 10.0 Å². The fourth-order valence-corrected chi connectivity index (χ4v) is 6.79. The normalized spacial score (nSPS) is 14.7. The summed E-state index contributed by atoms with van der Waals surface area (Å²) in [5.41, 5.74) is 2.70. The van der Waals surface area contributed by atoms with Crippen LogP contribution in [-0.4, -0.2) is 55.1 Å². The maximum Gasteiger partial charge on any atom is 0.241 e. The predicted octanol–water partition coefficient (Wildman–Crippen LogP) is 5.65. The van der Waals surface area contributed by atoms with Gasteiger partial charge < -0.3 is 10.1 Å². The van der Waals surface area contributed by atoms with Gasteiger partial charge in [0.2, 0.25) is 16.0 Å². The summed E-state index contributed by atoms with van der Waals surface area (Å²) in [5.74, 6) is 1.31. The zero-order valence-electron chi connectivity index (χ0n) is 21.9. The maximum atomic E-state index is 12.9. The van der Waals surface area contributed by atoms with E-state index in [-0.39, 0.29) is 4.90 Å². The molecule has 0 amide bonds. The van der Waals surface area contributed by atoms with Gasteiger partial charge in [-0.1, -0.05) is 12.1 Å². The van der Waals surface area contributed by atoms with Crippen LogP contribution in [0.4, 0.5) is 11.6 Å². The van der Waals surface area contributed by atoms with E-state index >= 15 is 0 Å². The number of nitrogens with zero attached hydrogens (tertiary/aromatic N) is 3. The van der Waals surface area contributed by atoms with E-state index in [0.29, 0.717) is 12.6 Å². The van der Waals surface area contributed by atoms with Gasteiger partial charge in [-0.2, -0.15) is 0 Å². The van der Waals surface area contributed by atoms with Crippen molar-refractivity contribution in [3.63, 3.8) is 0 Å². The summed E-state index contributed by atoms with van der Waals surface area (Å²) in [6.07, 6.45) is 4.35. The molecule has 38 heavy (non-hydrogen) atoms. The molecule has 0 unspecified atom stereocenters. The van der Waals surface area contributed by atoms with E-state index in [1.807, 2.05) is 56.5 Å². The molecule has 200 valence electrons. The molecule has 1 aliphatic heterocycles. The second kappa shape index (κ2) is 11.0. The summed E-state index contributed by atoms with van der Waals surface area (Å²) in [6, 6.07) is 14.7. The molecule has 1 saturated heterocycles. The highest BCUT2D eigenvalue weighted by Crippen LogP contribution is 2.34. The molecule has 0 radical (unpaired) electrons. The Kier molecular flexibility index (Phi) is 7.67. The SMILES string of the molecule is CC(C)(C)NS(=O)(=O)c1cccc(-c2csc3cnc(Nc4ccc(OCCN5CCCC5)cc4)nc23)c1. The second-order valence-electron chi connectivity index (χ2n) is 10.5. The standard InChI is InChI=1S/C28H33N5O3S2/c1-28(2,3)32-38(34,35)23-8-6-7-20(17-23)24-19-37-25-18-29-27(31-26(24)25)30-21-9-11-22(12-10-21)36-16-15-33-13-4-5-14-33/h6-12,17-19,32H,4-5,13-16H2,1-3H3,(H,29,30,31). The first kappa shape index (κ1) is 26.6. The van der Waals surface area contributed by atoms with E-state index in [4.69, 9.17) is 9.72 Å². The molecule has 10 heteroatoms. The number of hydrogen-bond donors (Lipinski definition) is 2. The highest BCUT2D eigenvalue weighted by Gasteiger charge is 2.22. The summed E-state index contributed by atoms with van der Waals surface area (Å²) in [4.78, 5) is 11.9. The number of thiophene rings is 1. The minimum absolute atomic E-state index is 0.222. The van der Waals surface area contributed by atoms with Crippen LogP contribution in [0.25, 0.3) is 21.3 Å². The molecule has 0 aliphatic carbocycles. The van der Waals surface area contributed by atoms with E-state index in [2.05, 4.69) is 19.9 Å². The van der Waals surface area contributed by atoms with Crippen LogP contribution in [0.2, 0.25) is 0 Å². The van der Waals surface area contributed by atoms with Crippen LogP contribution in [0, 0.1) is 0 Å². The quantitative estimate of drug-likeness (QED) is 0.277. The first-order valence-corrected chi connectivity index (χ1v) is 15.1. The molecule has 0 bridgehead atoms. The van der Waals surface area contributed by atoms with Crippen molar-refractivity contribution in [2.45, 2.75) is 44.0 Å². The number of ether oxygens (including phenoxy) is 1. The van der Waals surface area contributed by atoms with Crippen molar-refractivity contribution in [1.29, 1.82) is 0 Å². The van der Waals surface area contributed by atoms with Crippen LogP contribution in [0.1, 0.15) is 33.6 Å². The van der Waals surface area contributed by atoms with Crippen LogP contribution in [0.15, 0.2) is 65.0 Å². The molecule has 0 saturated carbocycles. The van der Waals surface area contributed by atoms with Gasteiger partial charge in [-0.05, 0) is 88.7 Å². The first-order chi connectivity index (χ1) is 18.2. The summed E-state index contributed by atoms with van der Waals surface area (Å²) in [5, 5.41) is 5.25. The maximum absolute atomic E-state index is 12.9. The Balaban J connectivity index is 1.31. The van der Waals surface area contributed by atoms with Gasteiger partial charge in [0, 0.05) is 28.7 Å². The summed E-state index contributed by atoms with van der Waals surface area (Å²) < 4.78 is 35.3. The average Bonchev–Trinajstić information content (AvgIpc) is 3.54. The average molecular weight is 552 g/mol. The van der Waals surface area contributed by atoms with Gasteiger partial charge in [0.05, 0.1) is 21.3 Å². The summed E-state index contributed by atoms with van der Waals surface area (Å²) in [7, 11) is -3.65. The monoisotopic (exact) mass is 551 g/mol. The van der Waals surface area contributed by atoms with Crippen LogP contribution >= 0.6 is 11.3 Å². The molecule has 3 heterocycles. The zero-order valence-corrected chi connectivity index (χ0v) is 23.5. The number of anilines is 2. The van der Waals surface area contributed by atoms with Crippen molar-refractivity contribution in [2.75, 3.05) is 31.6 Å². The van der Waals surface area contributed by atoms with Gasteiger partial charge in [0.1, 0.15) is 12.4 Å². The highest BCUT2D eigenvalue weighted by molar-refractivity contribution is 7.89. The first-order valence-electron chi connectivity index (χ1n) is 12.8. The molecule has 0 spiro atoms. The summed E-state index contributed by atoms with van der Waals surface area (Å²) >= 11 is 1.53. The Morgan fingerprint density at radius 1 is 1.08 bits per heavy atom. The molecule has 1 aliphatic rings. The van der Waals surface area contributed by atoms with Crippen LogP contribution < -0.4 is 14.8 Å². The largest absolute Gasteiger partial charge is 0.492 e. The van der Waals surface area contributed by atoms with Gasteiger partial charge in [-0.15, -0.1) is 11.3 Å². The second-order valence-corrected chi connectivity index (χ2v) is 13.1. The zero-order chi connectivity index (χ0) is 26.8. The number of benzene rings is 2. The Bertz CT molecular complexity index is 1510. The molecule has 2 aromatic carbocycles. The third-order valence-corrected chi connectivity index (χ3v) is 8.86. The Morgan fingerprint density at radius 2 is 1.84 bits per heavy atom. The van der Waals surface area contributed by atoms with E-state index < -0.39 is 15.6 Å². The minimum Gasteiger partial charge on any atom is -0.492 e. The number of hydrogen-bond acceptors (Lipinski definition) is 8. The lowest BCUT2D eigenvalue weighted by Crippen LogP contribution is -2.40. The molecule has 0 atom stereocenters. The molecule has 1 fully saturated rings. The number of sulfonamides is 1. The number of nitrogens with one attached hydrogen (secondary N) is 2. The van der Waals surface area contributed by atoms with Crippen molar-refractivity contribution in [1.82, 2.24) is 19.6 Å². The summed E-state index contributed by atoms with van der Waals surface area (Å²) in [6.45, 7) is 9.44. The molecule has 2 aromatic heterocycles. The van der Waals surface area contributed by atoms with Gasteiger partial charge in [0.15, 0.2) is 0 Å². The third kappa shape index (κ3) is 6.50. The van der Waals surface area contributed by atoms with Gasteiger partial charge in [0.25, 0.3) is 0 Å². The lowest BCUT2D eigenvalue weighted by Gasteiger charge is -2.20. The molecular formula is C28H33N5O3S2. The number of aromatic nitrogens is 2. The Labute approximate surface area is 228 Å². The van der Waals surface area contributed by atoms with Crippen molar-refractivity contribution in [3.8, 4) is 16.9 Å². The van der Waals surface area contributed by atoms with Crippen LogP contribution in [0.5, 0.6) is 5.75 Å². The third-order valence-electron chi connectivity index (χ3n) is 6.20. The van der Waals surface area contributed by atoms with Crippen molar-refractivity contribution >= 4 is 43.2 Å². The fourth-order valence-electron chi connectivity index (χ4n) is 4.45. The number of rotatable bonds is 9. The number of likely N-dealkylation sites (tertiary alicyclic amines) is 1. The topological polar surface area (TPSA) is 96.5 Å². The van der Waals surface area contributed by atoms with E-state index in [0.717, 1.165) is 39.3 Å². The van der Waals surface area contributed by atoms with Gasteiger partial charge >= 0.3 is 0 Å². The molecule has 5 rings (SSSR count). The number of fused-ring (bicyclic) bond motifs is 1.